The number of aromatic nitrogens is 4. The van der Waals surface area contributed by atoms with Crippen molar-refractivity contribution in [1.82, 2.24) is 19.7 Å². The van der Waals surface area contributed by atoms with Gasteiger partial charge in [0.05, 0.1) is 12.3 Å². The summed E-state index contributed by atoms with van der Waals surface area (Å²) in [7, 11) is 0. The second-order valence-corrected chi connectivity index (χ2v) is 6.59. The molecule has 1 atom stereocenters. The number of nitrogens with one attached hydrogen (secondary N) is 1. The van der Waals surface area contributed by atoms with Crippen molar-refractivity contribution in [2.45, 2.75) is 25.9 Å². The van der Waals surface area contributed by atoms with Gasteiger partial charge in [0.1, 0.15) is 29.9 Å². The average Bonchev–Trinajstić information content (AvgIpc) is 3.10. The van der Waals surface area contributed by atoms with Crippen LogP contribution in [0.2, 0.25) is 0 Å². The Morgan fingerprint density at radius 3 is 2.75 bits per heavy atom. The molecule has 0 saturated carbocycles. The number of hydrogen-bond donors (Lipinski definition) is 1. The highest BCUT2D eigenvalue weighted by Crippen LogP contribution is 2.21. The first-order valence-corrected chi connectivity index (χ1v) is 8.93. The van der Waals surface area contributed by atoms with Crippen LogP contribution >= 0.6 is 0 Å². The molecular weight excluding hydrogens is 368 g/mol. The molecule has 9 heteroatoms. The van der Waals surface area contributed by atoms with Gasteiger partial charge >= 0.3 is 0 Å². The summed E-state index contributed by atoms with van der Waals surface area (Å²) in [5.41, 5.74) is 1.19. The largest absolute Gasteiger partial charge is 0.472 e. The number of ether oxygens (including phenoxy) is 2. The van der Waals surface area contributed by atoms with Crippen LogP contribution in [0.5, 0.6) is 5.88 Å². The third-order valence-electron chi connectivity index (χ3n) is 4.20. The summed E-state index contributed by atoms with van der Waals surface area (Å²) in [5.74, 6) is -0.128. The lowest BCUT2D eigenvalue weighted by Crippen LogP contribution is -2.28. The third kappa shape index (κ3) is 4.42. The molecule has 0 radical (unpaired) electrons. The number of pyridine rings is 1. The van der Waals surface area contributed by atoms with Crippen LogP contribution in [0.25, 0.3) is 5.69 Å². The topological polar surface area (TPSA) is 74.1 Å². The normalized spacial score (nSPS) is 16.8. The van der Waals surface area contributed by atoms with E-state index in [1.165, 1.54) is 23.1 Å². The first-order chi connectivity index (χ1) is 13.5. The summed E-state index contributed by atoms with van der Waals surface area (Å²) >= 11 is 0. The van der Waals surface area contributed by atoms with E-state index in [0.717, 1.165) is 31.1 Å². The standard InChI is InChI=1S/C19H19F2N5O2/c1-12-5-17(23-18(6-12)28-16-3-2-4-27-10-16)24-19-22-11-26(25-19)15-8-13(20)7-14(21)9-15/h5-9,11,16H,2-4,10H2,1H3,(H,23,24,25). The molecule has 0 spiro atoms. The highest BCUT2D eigenvalue weighted by molar-refractivity contribution is 5.50. The molecule has 1 unspecified atom stereocenters. The Morgan fingerprint density at radius 1 is 1.18 bits per heavy atom. The Kier molecular flexibility index (Phi) is 5.16. The number of nitrogens with zero attached hydrogens (tertiary/aromatic N) is 4. The van der Waals surface area contributed by atoms with Gasteiger partial charge in [-0.1, -0.05) is 0 Å². The predicted octanol–water partition coefficient (Wildman–Crippen LogP) is 3.55. The van der Waals surface area contributed by atoms with Gasteiger partial charge < -0.3 is 14.8 Å². The van der Waals surface area contributed by atoms with Gasteiger partial charge in [-0.3, -0.25) is 0 Å². The molecule has 0 aliphatic carbocycles. The van der Waals surface area contributed by atoms with Gasteiger partial charge in [0, 0.05) is 18.7 Å². The van der Waals surface area contributed by atoms with E-state index in [-0.39, 0.29) is 17.7 Å². The van der Waals surface area contributed by atoms with Crippen LogP contribution in [-0.2, 0) is 4.74 Å². The molecule has 1 N–H and O–H groups in total. The van der Waals surface area contributed by atoms with E-state index >= 15 is 0 Å². The van der Waals surface area contributed by atoms with Crippen molar-refractivity contribution in [3.63, 3.8) is 0 Å². The fourth-order valence-corrected chi connectivity index (χ4v) is 2.97. The molecule has 28 heavy (non-hydrogen) atoms. The van der Waals surface area contributed by atoms with Crippen molar-refractivity contribution in [2.75, 3.05) is 18.5 Å². The fraction of sp³-hybridized carbons (Fsp3) is 0.316. The lowest BCUT2D eigenvalue weighted by Gasteiger charge is -2.23. The van der Waals surface area contributed by atoms with E-state index in [2.05, 4.69) is 20.4 Å². The molecule has 1 aliphatic heterocycles. The van der Waals surface area contributed by atoms with Crippen molar-refractivity contribution in [3.8, 4) is 11.6 Å². The van der Waals surface area contributed by atoms with Crippen molar-refractivity contribution in [3.05, 3.63) is 53.9 Å². The summed E-state index contributed by atoms with van der Waals surface area (Å²) in [6, 6.07) is 6.82. The highest BCUT2D eigenvalue weighted by atomic mass is 19.1. The summed E-state index contributed by atoms with van der Waals surface area (Å²) in [4.78, 5) is 8.55. The molecule has 7 nitrogen and oxygen atoms in total. The quantitative estimate of drug-likeness (QED) is 0.722. The smallest absolute Gasteiger partial charge is 0.248 e. The van der Waals surface area contributed by atoms with Crippen LogP contribution in [0.3, 0.4) is 0 Å². The van der Waals surface area contributed by atoms with Crippen molar-refractivity contribution in [2.24, 2.45) is 0 Å². The number of aryl methyl sites for hydroxylation is 1. The molecule has 3 aromatic rings. The number of hydrogen-bond acceptors (Lipinski definition) is 6. The summed E-state index contributed by atoms with van der Waals surface area (Å²) < 4.78 is 39.4. The van der Waals surface area contributed by atoms with Gasteiger partial charge in [-0.25, -0.2) is 13.5 Å². The molecule has 4 rings (SSSR count). The number of halogens is 2. The Morgan fingerprint density at radius 2 is 2.00 bits per heavy atom. The third-order valence-corrected chi connectivity index (χ3v) is 4.20. The second-order valence-electron chi connectivity index (χ2n) is 6.59. The fourth-order valence-electron chi connectivity index (χ4n) is 2.97. The minimum Gasteiger partial charge on any atom is -0.472 e. The Hall–Kier alpha value is -3.07. The van der Waals surface area contributed by atoms with Crippen LogP contribution in [0, 0.1) is 18.6 Å². The predicted molar refractivity (Wildman–Crippen MR) is 98.0 cm³/mol. The Balaban J connectivity index is 1.50. The molecule has 3 heterocycles. The maximum Gasteiger partial charge on any atom is 0.248 e. The van der Waals surface area contributed by atoms with E-state index < -0.39 is 11.6 Å². The summed E-state index contributed by atoms with van der Waals surface area (Å²) in [6.07, 6.45) is 3.23. The Labute approximate surface area is 160 Å². The van der Waals surface area contributed by atoms with E-state index in [9.17, 15) is 8.78 Å². The van der Waals surface area contributed by atoms with Gasteiger partial charge in [0.15, 0.2) is 0 Å². The lowest BCUT2D eigenvalue weighted by molar-refractivity contribution is 0.00554. The number of rotatable bonds is 5. The molecule has 1 saturated heterocycles. The average molecular weight is 387 g/mol. The van der Waals surface area contributed by atoms with E-state index in [1.54, 1.807) is 0 Å². The van der Waals surface area contributed by atoms with Crippen molar-refractivity contribution >= 4 is 11.8 Å². The van der Waals surface area contributed by atoms with Gasteiger partial charge in [0.25, 0.3) is 0 Å². The van der Waals surface area contributed by atoms with E-state index in [0.29, 0.717) is 18.3 Å². The molecule has 2 aromatic heterocycles. The first-order valence-electron chi connectivity index (χ1n) is 8.93. The molecule has 1 aliphatic rings. The van der Waals surface area contributed by atoms with Crippen LogP contribution in [0.1, 0.15) is 18.4 Å². The molecule has 1 fully saturated rings. The maximum absolute atomic E-state index is 13.4. The Bertz CT molecular complexity index is 952. The summed E-state index contributed by atoms with van der Waals surface area (Å²) in [6.45, 7) is 3.24. The van der Waals surface area contributed by atoms with E-state index in [1.807, 2.05) is 19.1 Å². The molecule has 0 bridgehead atoms. The van der Waals surface area contributed by atoms with Gasteiger partial charge in [0.2, 0.25) is 11.8 Å². The molecule has 0 amide bonds. The van der Waals surface area contributed by atoms with Crippen LogP contribution in [0.15, 0.2) is 36.7 Å². The molecule has 1 aromatic carbocycles. The van der Waals surface area contributed by atoms with Crippen LogP contribution in [0.4, 0.5) is 20.5 Å². The SMILES string of the molecule is Cc1cc(Nc2ncn(-c3cc(F)cc(F)c3)n2)nc(OC2CCCOC2)c1. The van der Waals surface area contributed by atoms with Crippen molar-refractivity contribution < 1.29 is 18.3 Å². The number of benzene rings is 1. The zero-order valence-electron chi connectivity index (χ0n) is 15.2. The van der Waals surface area contributed by atoms with Gasteiger partial charge in [-0.15, -0.1) is 5.10 Å². The molecule has 146 valence electrons. The second kappa shape index (κ2) is 7.89. The highest BCUT2D eigenvalue weighted by Gasteiger charge is 2.16. The maximum atomic E-state index is 13.4. The zero-order valence-corrected chi connectivity index (χ0v) is 15.2. The van der Waals surface area contributed by atoms with Crippen LogP contribution < -0.4 is 10.1 Å². The van der Waals surface area contributed by atoms with E-state index in [4.69, 9.17) is 9.47 Å². The molecular formula is C19H19F2N5O2. The monoisotopic (exact) mass is 387 g/mol. The van der Waals surface area contributed by atoms with Gasteiger partial charge in [-0.05, 0) is 43.5 Å². The lowest BCUT2D eigenvalue weighted by atomic mass is 10.2. The number of anilines is 2. The minimum atomic E-state index is -0.686. The summed E-state index contributed by atoms with van der Waals surface area (Å²) in [5, 5.41) is 7.18. The zero-order chi connectivity index (χ0) is 19.5. The van der Waals surface area contributed by atoms with Gasteiger partial charge in [-0.2, -0.15) is 9.97 Å². The minimum absolute atomic E-state index is 0.0175. The van der Waals surface area contributed by atoms with Crippen LogP contribution in [-0.4, -0.2) is 39.1 Å². The van der Waals surface area contributed by atoms with Crippen molar-refractivity contribution in [1.29, 1.82) is 0 Å². The first kappa shape index (κ1) is 18.3.